The molecule has 4 aromatic rings. The summed E-state index contributed by atoms with van der Waals surface area (Å²) in [7, 11) is 0. The molecular formula is C42H50N8O5. The molecule has 2 unspecified atom stereocenters. The molecule has 0 radical (unpaired) electrons. The number of aliphatic carboxylic acids is 1. The van der Waals surface area contributed by atoms with Gasteiger partial charge in [0.1, 0.15) is 23.8 Å². The van der Waals surface area contributed by atoms with Crippen molar-refractivity contribution in [3.63, 3.8) is 0 Å². The lowest BCUT2D eigenvalue weighted by atomic mass is 9.99. The molecule has 13 heteroatoms. The van der Waals surface area contributed by atoms with Crippen molar-refractivity contribution in [2.75, 3.05) is 62.2 Å². The Morgan fingerprint density at radius 2 is 1.02 bits per heavy atom. The van der Waals surface area contributed by atoms with Crippen LogP contribution in [0, 0.1) is 22.7 Å². The SMILES string of the molecule is CC(C)c1ccc(C(O)C(=O)N2CCN(c3ccc(C#N)cn3)CC2)cc1.CC(C)c1ccc(C(O)C(=O)O)cc1.N#Cc1ccc(N2CCNCC2)nc1. The lowest BCUT2D eigenvalue weighted by Gasteiger charge is -2.36. The lowest BCUT2D eigenvalue weighted by Crippen LogP contribution is -2.50. The molecule has 6 rings (SSSR count). The second-order valence-corrected chi connectivity index (χ2v) is 13.9. The van der Waals surface area contributed by atoms with Crippen molar-refractivity contribution in [2.45, 2.75) is 51.7 Å². The zero-order chi connectivity index (χ0) is 39.9. The van der Waals surface area contributed by atoms with E-state index < -0.39 is 18.2 Å². The molecule has 13 nitrogen and oxygen atoms in total. The first-order valence-electron chi connectivity index (χ1n) is 18.4. The van der Waals surface area contributed by atoms with Gasteiger partial charge in [0.15, 0.2) is 12.2 Å². The molecule has 288 valence electrons. The third-order valence-corrected chi connectivity index (χ3v) is 9.42. The van der Waals surface area contributed by atoms with E-state index in [1.807, 2.05) is 54.6 Å². The summed E-state index contributed by atoms with van der Waals surface area (Å²) in [6.07, 6.45) is 0.622. The largest absolute Gasteiger partial charge is 0.479 e. The van der Waals surface area contributed by atoms with Gasteiger partial charge in [-0.25, -0.2) is 14.8 Å². The van der Waals surface area contributed by atoms with Crippen molar-refractivity contribution in [1.82, 2.24) is 20.2 Å². The van der Waals surface area contributed by atoms with Crippen LogP contribution < -0.4 is 15.1 Å². The van der Waals surface area contributed by atoms with Crippen LogP contribution in [0.4, 0.5) is 11.6 Å². The molecule has 55 heavy (non-hydrogen) atoms. The van der Waals surface area contributed by atoms with E-state index in [2.05, 4.69) is 64.9 Å². The molecule has 2 aromatic heterocycles. The number of benzene rings is 2. The van der Waals surface area contributed by atoms with Crippen LogP contribution in [0.15, 0.2) is 85.2 Å². The number of hydrogen-bond donors (Lipinski definition) is 4. The first-order chi connectivity index (χ1) is 26.4. The Bertz CT molecular complexity index is 1890. The molecule has 2 aliphatic heterocycles. The summed E-state index contributed by atoms with van der Waals surface area (Å²) in [6.45, 7) is 14.7. The fourth-order valence-electron chi connectivity index (χ4n) is 5.91. The minimum absolute atomic E-state index is 0.264. The van der Waals surface area contributed by atoms with Gasteiger partial charge in [-0.05, 0) is 58.4 Å². The van der Waals surface area contributed by atoms with E-state index in [1.165, 1.54) is 5.56 Å². The predicted octanol–water partition coefficient (Wildman–Crippen LogP) is 4.75. The van der Waals surface area contributed by atoms with Crippen molar-refractivity contribution >= 4 is 23.5 Å². The third-order valence-electron chi connectivity index (χ3n) is 9.42. The third kappa shape index (κ3) is 12.1. The molecule has 0 bridgehead atoms. The minimum atomic E-state index is -1.42. The maximum Gasteiger partial charge on any atom is 0.337 e. The zero-order valence-corrected chi connectivity index (χ0v) is 31.8. The average molecular weight is 747 g/mol. The number of pyridine rings is 2. The Balaban J connectivity index is 0.000000202. The molecular weight excluding hydrogens is 697 g/mol. The van der Waals surface area contributed by atoms with Crippen molar-refractivity contribution in [3.05, 3.63) is 119 Å². The summed E-state index contributed by atoms with van der Waals surface area (Å²) < 4.78 is 0. The van der Waals surface area contributed by atoms with Gasteiger partial charge < -0.3 is 35.3 Å². The van der Waals surface area contributed by atoms with Gasteiger partial charge in [0.2, 0.25) is 0 Å². The van der Waals surface area contributed by atoms with Crippen LogP contribution in [0.1, 0.15) is 85.1 Å². The van der Waals surface area contributed by atoms with Gasteiger partial charge in [-0.1, -0.05) is 76.2 Å². The fraction of sp³-hybridized carbons (Fsp3) is 0.381. The van der Waals surface area contributed by atoms with Crippen molar-refractivity contribution in [3.8, 4) is 12.1 Å². The number of aliphatic hydroxyl groups is 2. The Morgan fingerprint density at radius 3 is 1.38 bits per heavy atom. The number of carboxylic acid groups (broad SMARTS) is 1. The van der Waals surface area contributed by atoms with E-state index in [1.54, 1.807) is 35.5 Å². The van der Waals surface area contributed by atoms with Gasteiger partial charge in [-0.2, -0.15) is 10.5 Å². The Hall–Kier alpha value is -5.86. The quantitative estimate of drug-likeness (QED) is 0.194. The Kier molecular flexibility index (Phi) is 15.7. The zero-order valence-electron chi connectivity index (χ0n) is 31.8. The van der Waals surface area contributed by atoms with E-state index in [-0.39, 0.29) is 5.91 Å². The van der Waals surface area contributed by atoms with Crippen LogP contribution >= 0.6 is 0 Å². The number of carbonyl (C=O) groups excluding carboxylic acids is 1. The number of nitriles is 2. The number of carbonyl (C=O) groups is 2. The molecule has 1 amide bonds. The maximum atomic E-state index is 12.6. The molecule has 0 spiro atoms. The van der Waals surface area contributed by atoms with E-state index in [4.69, 9.17) is 15.6 Å². The van der Waals surface area contributed by atoms with E-state index in [0.29, 0.717) is 60.3 Å². The smallest absolute Gasteiger partial charge is 0.337 e. The van der Waals surface area contributed by atoms with Gasteiger partial charge in [-0.3, -0.25) is 4.79 Å². The molecule has 2 aliphatic rings. The van der Waals surface area contributed by atoms with Gasteiger partial charge in [0.05, 0.1) is 11.1 Å². The number of carboxylic acids is 1. The Morgan fingerprint density at radius 1 is 0.618 bits per heavy atom. The summed E-state index contributed by atoms with van der Waals surface area (Å²) in [5.41, 5.74) is 4.50. The first-order valence-corrected chi connectivity index (χ1v) is 18.4. The number of rotatable bonds is 8. The van der Waals surface area contributed by atoms with Crippen molar-refractivity contribution in [1.29, 1.82) is 10.5 Å². The molecule has 0 aliphatic carbocycles. The van der Waals surface area contributed by atoms with E-state index in [9.17, 15) is 19.8 Å². The van der Waals surface area contributed by atoms with E-state index >= 15 is 0 Å². The topological polar surface area (TPSA) is 190 Å². The van der Waals surface area contributed by atoms with Crippen LogP contribution in [-0.4, -0.2) is 94.4 Å². The fourth-order valence-corrected chi connectivity index (χ4v) is 5.91. The maximum absolute atomic E-state index is 12.6. The molecule has 2 atom stereocenters. The number of amides is 1. The summed E-state index contributed by atoms with van der Waals surface area (Å²) >= 11 is 0. The highest BCUT2D eigenvalue weighted by molar-refractivity contribution is 5.82. The summed E-state index contributed by atoms with van der Waals surface area (Å²) in [5, 5.41) is 49.0. The molecule has 2 aromatic carbocycles. The highest BCUT2D eigenvalue weighted by Gasteiger charge is 2.27. The summed E-state index contributed by atoms with van der Waals surface area (Å²) in [5.74, 6) is 1.10. The molecule has 2 fully saturated rings. The van der Waals surface area contributed by atoms with Gasteiger partial charge >= 0.3 is 5.97 Å². The monoisotopic (exact) mass is 746 g/mol. The molecule has 2 saturated heterocycles. The van der Waals surface area contributed by atoms with Crippen LogP contribution in [0.25, 0.3) is 0 Å². The number of aliphatic hydroxyl groups excluding tert-OH is 2. The minimum Gasteiger partial charge on any atom is -0.479 e. The number of anilines is 2. The highest BCUT2D eigenvalue weighted by atomic mass is 16.4. The normalized spacial score (nSPS) is 15.1. The highest BCUT2D eigenvalue weighted by Crippen LogP contribution is 2.22. The first kappa shape index (κ1) is 41.9. The summed E-state index contributed by atoms with van der Waals surface area (Å²) in [6, 6.07) is 26.0. The number of piperazine rings is 2. The van der Waals surface area contributed by atoms with E-state index in [0.717, 1.165) is 43.4 Å². The average Bonchev–Trinajstić information content (AvgIpc) is 3.23. The van der Waals surface area contributed by atoms with Gasteiger partial charge in [0.25, 0.3) is 5.91 Å². The van der Waals surface area contributed by atoms with Gasteiger partial charge in [0, 0.05) is 64.8 Å². The predicted molar refractivity (Wildman–Crippen MR) is 210 cm³/mol. The van der Waals surface area contributed by atoms with Crippen LogP contribution in [-0.2, 0) is 9.59 Å². The number of hydrogen-bond acceptors (Lipinski definition) is 11. The lowest BCUT2D eigenvalue weighted by molar-refractivity contribution is -0.147. The summed E-state index contributed by atoms with van der Waals surface area (Å²) in [4.78, 5) is 37.7. The van der Waals surface area contributed by atoms with Crippen LogP contribution in [0.5, 0.6) is 0 Å². The number of aromatic nitrogens is 2. The number of nitrogens with one attached hydrogen (secondary N) is 1. The second kappa shape index (κ2) is 20.6. The standard InChI is InChI=1S/C21H24N4O2.C11H14O3.C10H12N4/c1-15(2)17-4-6-18(7-5-17)20(26)21(27)25-11-9-24(10-12-25)19-8-3-16(13-22)14-23-19;1-7(2)8-3-5-9(6-4-8)10(12)11(13)14;11-7-9-1-2-10(13-8-9)14-5-3-12-4-6-14/h3-8,14-15,20,26H,9-12H2,1-2H3;3-7,10,12H,1-2H3,(H,13,14);1-2,8,12H,3-6H2. The Labute approximate surface area is 323 Å². The van der Waals surface area contributed by atoms with Crippen LogP contribution in [0.3, 0.4) is 0 Å². The molecule has 4 heterocycles. The van der Waals surface area contributed by atoms with Crippen LogP contribution in [0.2, 0.25) is 0 Å². The molecule has 0 saturated carbocycles. The van der Waals surface area contributed by atoms with Crippen molar-refractivity contribution < 1.29 is 24.9 Å². The number of nitrogens with zero attached hydrogens (tertiary/aromatic N) is 7. The van der Waals surface area contributed by atoms with Gasteiger partial charge in [-0.15, -0.1) is 0 Å². The van der Waals surface area contributed by atoms with Crippen molar-refractivity contribution in [2.24, 2.45) is 0 Å². The second-order valence-electron chi connectivity index (χ2n) is 13.9. The molecule has 4 N–H and O–H groups in total.